The molecule has 0 saturated heterocycles. The first-order valence-electron chi connectivity index (χ1n) is 7.69. The molecule has 0 aliphatic heterocycles. The topological polar surface area (TPSA) is 26.3 Å². The lowest BCUT2D eigenvalue weighted by Crippen LogP contribution is -2.31. The third-order valence-corrected chi connectivity index (χ3v) is 4.19. The van der Waals surface area contributed by atoms with E-state index >= 15 is 0 Å². The van der Waals surface area contributed by atoms with Gasteiger partial charge in [0.1, 0.15) is 10.9 Å². The Bertz CT molecular complexity index is 312. The molecule has 126 valence electrons. The van der Waals surface area contributed by atoms with Gasteiger partial charge in [-0.1, -0.05) is 20.8 Å². The van der Waals surface area contributed by atoms with Crippen molar-refractivity contribution < 1.29 is 18.3 Å². The molecule has 0 N–H and O–H groups in total. The predicted molar refractivity (Wildman–Crippen MR) is 86.0 cm³/mol. The number of hydrogen-bond acceptors (Lipinski definition) is 3. The SMILES string of the molecule is CCC(F)(F)CCCSC(CC(C)C)C(=O)OC(C)(C)C. The maximum Gasteiger partial charge on any atom is 0.319 e. The molecule has 0 spiro atoms. The van der Waals surface area contributed by atoms with Crippen LogP contribution in [-0.2, 0) is 9.53 Å². The van der Waals surface area contributed by atoms with Gasteiger partial charge in [0.05, 0.1) is 0 Å². The van der Waals surface area contributed by atoms with E-state index in [1.165, 1.54) is 18.7 Å². The predicted octanol–water partition coefficient (Wildman–Crippen LogP) is 5.30. The van der Waals surface area contributed by atoms with Crippen molar-refractivity contribution in [1.29, 1.82) is 0 Å². The zero-order valence-electron chi connectivity index (χ0n) is 14.2. The van der Waals surface area contributed by atoms with Crippen LogP contribution in [0, 0.1) is 5.92 Å². The van der Waals surface area contributed by atoms with Crippen LogP contribution in [0.5, 0.6) is 0 Å². The van der Waals surface area contributed by atoms with Gasteiger partial charge in [-0.05, 0) is 45.3 Å². The summed E-state index contributed by atoms with van der Waals surface area (Å²) in [4.78, 5) is 12.2. The molecule has 2 nitrogen and oxygen atoms in total. The maximum atomic E-state index is 13.2. The van der Waals surface area contributed by atoms with Crippen molar-refractivity contribution in [2.45, 2.75) is 84.0 Å². The minimum absolute atomic E-state index is 0.112. The van der Waals surface area contributed by atoms with Gasteiger partial charge < -0.3 is 4.74 Å². The van der Waals surface area contributed by atoms with Gasteiger partial charge in [-0.3, -0.25) is 4.79 Å². The molecule has 0 aromatic heterocycles. The van der Waals surface area contributed by atoms with Gasteiger partial charge in [-0.2, -0.15) is 0 Å². The summed E-state index contributed by atoms with van der Waals surface area (Å²) in [5.74, 6) is -1.89. The summed E-state index contributed by atoms with van der Waals surface area (Å²) < 4.78 is 31.7. The summed E-state index contributed by atoms with van der Waals surface area (Å²) in [5, 5.41) is -0.264. The summed E-state index contributed by atoms with van der Waals surface area (Å²) in [6.07, 6.45) is 0.894. The van der Waals surface area contributed by atoms with E-state index in [1.54, 1.807) is 0 Å². The zero-order chi connectivity index (χ0) is 16.7. The highest BCUT2D eigenvalue weighted by Gasteiger charge is 2.28. The number of esters is 1. The molecule has 0 aromatic rings. The molecule has 5 heteroatoms. The van der Waals surface area contributed by atoms with E-state index < -0.39 is 11.5 Å². The molecule has 0 fully saturated rings. The van der Waals surface area contributed by atoms with Crippen molar-refractivity contribution in [2.75, 3.05) is 5.75 Å². The summed E-state index contributed by atoms with van der Waals surface area (Å²) >= 11 is 1.44. The van der Waals surface area contributed by atoms with Crippen molar-refractivity contribution in [3.8, 4) is 0 Å². The van der Waals surface area contributed by atoms with Gasteiger partial charge in [0.25, 0.3) is 0 Å². The van der Waals surface area contributed by atoms with E-state index in [9.17, 15) is 13.6 Å². The standard InChI is InChI=1S/C16H30F2O2S/c1-7-16(17,18)9-8-10-21-13(11-12(2)3)14(19)20-15(4,5)6/h12-13H,7-11H2,1-6H3. The first-order valence-corrected chi connectivity index (χ1v) is 8.74. The summed E-state index contributed by atoms with van der Waals surface area (Å²) in [6, 6.07) is 0. The third kappa shape index (κ3) is 11.0. The fourth-order valence-corrected chi connectivity index (χ4v) is 3.06. The number of alkyl halides is 2. The van der Waals surface area contributed by atoms with Crippen molar-refractivity contribution in [3.63, 3.8) is 0 Å². The van der Waals surface area contributed by atoms with Gasteiger partial charge in [0.2, 0.25) is 5.92 Å². The van der Waals surface area contributed by atoms with Crippen LogP contribution in [0.3, 0.4) is 0 Å². The second kappa shape index (κ2) is 8.96. The molecule has 0 aromatic carbocycles. The number of carbonyl (C=O) groups is 1. The molecule has 0 saturated carbocycles. The molecule has 0 rings (SSSR count). The number of ether oxygens (including phenoxy) is 1. The monoisotopic (exact) mass is 324 g/mol. The average molecular weight is 324 g/mol. The lowest BCUT2D eigenvalue weighted by Gasteiger charge is -2.24. The molecule has 1 atom stereocenters. The van der Waals surface area contributed by atoms with Crippen LogP contribution in [0.1, 0.15) is 67.2 Å². The van der Waals surface area contributed by atoms with E-state index in [1.807, 2.05) is 34.6 Å². The highest BCUT2D eigenvalue weighted by molar-refractivity contribution is 8.00. The van der Waals surface area contributed by atoms with E-state index in [4.69, 9.17) is 4.74 Å². The highest BCUT2D eigenvalue weighted by atomic mass is 32.2. The maximum absolute atomic E-state index is 13.2. The molecule has 0 aliphatic carbocycles. The third-order valence-electron chi connectivity index (χ3n) is 2.88. The van der Waals surface area contributed by atoms with Crippen LogP contribution in [0.15, 0.2) is 0 Å². The molecule has 21 heavy (non-hydrogen) atoms. The quantitative estimate of drug-likeness (QED) is 0.425. The van der Waals surface area contributed by atoms with Gasteiger partial charge >= 0.3 is 5.97 Å². The first-order chi connectivity index (χ1) is 9.47. The molecular weight excluding hydrogens is 294 g/mol. The van der Waals surface area contributed by atoms with Crippen LogP contribution in [-0.4, -0.2) is 28.5 Å². The molecule has 0 aliphatic rings. The fraction of sp³-hybridized carbons (Fsp3) is 0.938. The number of halogens is 2. The minimum Gasteiger partial charge on any atom is -0.459 e. The van der Waals surface area contributed by atoms with Gasteiger partial charge in [-0.25, -0.2) is 8.78 Å². The number of hydrogen-bond donors (Lipinski definition) is 0. The van der Waals surface area contributed by atoms with Gasteiger partial charge in [-0.15, -0.1) is 11.8 Å². The van der Waals surface area contributed by atoms with Crippen LogP contribution in [0.4, 0.5) is 8.78 Å². The molecular formula is C16H30F2O2S. The molecule has 0 heterocycles. The number of rotatable bonds is 9. The van der Waals surface area contributed by atoms with E-state index in [2.05, 4.69) is 0 Å². The summed E-state index contributed by atoms with van der Waals surface area (Å²) in [7, 11) is 0. The lowest BCUT2D eigenvalue weighted by molar-refractivity contribution is -0.154. The summed E-state index contributed by atoms with van der Waals surface area (Å²) in [5.41, 5.74) is -0.512. The van der Waals surface area contributed by atoms with Crippen LogP contribution < -0.4 is 0 Å². The Hall–Kier alpha value is -0.320. The minimum atomic E-state index is -2.58. The number of thioether (sulfide) groups is 1. The van der Waals surface area contributed by atoms with Crippen molar-refractivity contribution >= 4 is 17.7 Å². The summed E-state index contributed by atoms with van der Waals surface area (Å²) in [6.45, 7) is 11.1. The van der Waals surface area contributed by atoms with Crippen LogP contribution in [0.2, 0.25) is 0 Å². The van der Waals surface area contributed by atoms with E-state index in [0.717, 1.165) is 0 Å². The Kier molecular flexibility index (Phi) is 8.83. The Morgan fingerprint density at radius 1 is 1.24 bits per heavy atom. The average Bonchev–Trinajstić information content (AvgIpc) is 2.30. The lowest BCUT2D eigenvalue weighted by atomic mass is 10.1. The second-order valence-corrected chi connectivity index (χ2v) is 8.15. The van der Waals surface area contributed by atoms with Crippen molar-refractivity contribution in [3.05, 3.63) is 0 Å². The highest BCUT2D eigenvalue weighted by Crippen LogP contribution is 2.28. The van der Waals surface area contributed by atoms with E-state index in [0.29, 0.717) is 24.5 Å². The smallest absolute Gasteiger partial charge is 0.319 e. The molecule has 1 unspecified atom stereocenters. The Morgan fingerprint density at radius 3 is 2.24 bits per heavy atom. The van der Waals surface area contributed by atoms with Crippen molar-refractivity contribution in [2.24, 2.45) is 5.92 Å². The normalized spacial score (nSPS) is 14.3. The first kappa shape index (κ1) is 20.7. The Labute approximate surface area is 132 Å². The molecule has 0 amide bonds. The number of carbonyl (C=O) groups excluding carboxylic acids is 1. The van der Waals surface area contributed by atoms with E-state index in [-0.39, 0.29) is 24.1 Å². The Balaban J connectivity index is 4.34. The van der Waals surface area contributed by atoms with Crippen molar-refractivity contribution in [1.82, 2.24) is 0 Å². The molecule has 0 bridgehead atoms. The Morgan fingerprint density at radius 2 is 1.81 bits per heavy atom. The van der Waals surface area contributed by atoms with Gasteiger partial charge in [0, 0.05) is 12.8 Å². The fourth-order valence-electron chi connectivity index (χ4n) is 1.76. The largest absolute Gasteiger partial charge is 0.459 e. The molecule has 0 radical (unpaired) electrons. The van der Waals surface area contributed by atoms with Crippen LogP contribution in [0.25, 0.3) is 0 Å². The zero-order valence-corrected chi connectivity index (χ0v) is 15.0. The van der Waals surface area contributed by atoms with Gasteiger partial charge in [0.15, 0.2) is 0 Å². The second-order valence-electron chi connectivity index (χ2n) is 6.84. The van der Waals surface area contributed by atoms with Crippen LogP contribution >= 0.6 is 11.8 Å².